The van der Waals surface area contributed by atoms with Crippen molar-refractivity contribution < 1.29 is 4.74 Å². The average Bonchev–Trinajstić information content (AvgIpc) is 2.78. The number of hydrogen-bond acceptors (Lipinski definition) is 4. The van der Waals surface area contributed by atoms with Gasteiger partial charge in [0.25, 0.3) is 0 Å². The molecule has 0 bridgehead atoms. The van der Waals surface area contributed by atoms with E-state index in [2.05, 4.69) is 61.8 Å². The summed E-state index contributed by atoms with van der Waals surface area (Å²) in [6.07, 6.45) is 2.88. The minimum atomic E-state index is -0.0468. The summed E-state index contributed by atoms with van der Waals surface area (Å²) in [6, 6.07) is 0.159. The van der Waals surface area contributed by atoms with Crippen LogP contribution in [0.15, 0.2) is 6.20 Å². The van der Waals surface area contributed by atoms with Crippen LogP contribution in [0, 0.1) is 0 Å². The Bertz CT molecular complexity index is 412. The monoisotopic (exact) mass is 282 g/mol. The summed E-state index contributed by atoms with van der Waals surface area (Å²) in [7, 11) is 5.93. The Labute approximate surface area is 123 Å². The standard InChI is InChI=1S/C15H30N4O/c1-8-10-19-13(12(20-7)11-17-19)14(16-9-2)15(3,4)18(5)6/h11,14,16H,8-10H2,1-7H3. The Morgan fingerprint density at radius 3 is 2.50 bits per heavy atom. The van der Waals surface area contributed by atoms with Crippen LogP contribution in [0.4, 0.5) is 0 Å². The molecule has 0 fully saturated rings. The third-order valence-corrected chi connectivity index (χ3v) is 4.04. The number of aromatic nitrogens is 2. The highest BCUT2D eigenvalue weighted by atomic mass is 16.5. The number of methoxy groups -OCH3 is 1. The fourth-order valence-electron chi connectivity index (χ4n) is 2.36. The zero-order valence-electron chi connectivity index (χ0n) is 14.0. The van der Waals surface area contributed by atoms with Gasteiger partial charge in [-0.1, -0.05) is 13.8 Å². The molecule has 0 radical (unpaired) electrons. The summed E-state index contributed by atoms with van der Waals surface area (Å²) >= 11 is 0. The van der Waals surface area contributed by atoms with Gasteiger partial charge in [0.15, 0.2) is 5.75 Å². The second-order valence-corrected chi connectivity index (χ2v) is 5.86. The highest BCUT2D eigenvalue weighted by Gasteiger charge is 2.36. The smallest absolute Gasteiger partial charge is 0.161 e. The van der Waals surface area contributed by atoms with Gasteiger partial charge < -0.3 is 15.0 Å². The first kappa shape index (κ1) is 17.0. The molecule has 0 aliphatic heterocycles. The van der Waals surface area contributed by atoms with Gasteiger partial charge in [-0.3, -0.25) is 4.68 Å². The molecule has 1 N–H and O–H groups in total. The quantitative estimate of drug-likeness (QED) is 0.794. The average molecular weight is 282 g/mol. The summed E-state index contributed by atoms with van der Waals surface area (Å²) in [4.78, 5) is 2.24. The topological polar surface area (TPSA) is 42.3 Å². The number of likely N-dealkylation sites (N-methyl/N-ethyl adjacent to an activating group) is 2. The molecule has 1 aromatic heterocycles. The molecule has 1 aromatic rings. The second-order valence-electron chi connectivity index (χ2n) is 5.86. The van der Waals surface area contributed by atoms with Crippen molar-refractivity contribution >= 4 is 0 Å². The predicted octanol–water partition coefficient (Wildman–Crippen LogP) is 2.29. The van der Waals surface area contributed by atoms with E-state index in [9.17, 15) is 0 Å². The third-order valence-electron chi connectivity index (χ3n) is 4.04. The van der Waals surface area contributed by atoms with Crippen LogP contribution in [-0.2, 0) is 6.54 Å². The maximum Gasteiger partial charge on any atom is 0.161 e. The summed E-state index contributed by atoms with van der Waals surface area (Å²) in [5, 5.41) is 8.08. The van der Waals surface area contributed by atoms with Gasteiger partial charge in [0.05, 0.1) is 25.0 Å². The van der Waals surface area contributed by atoms with Crippen LogP contribution in [0.3, 0.4) is 0 Å². The van der Waals surface area contributed by atoms with E-state index in [1.54, 1.807) is 7.11 Å². The fraction of sp³-hybridized carbons (Fsp3) is 0.800. The molecule has 0 saturated carbocycles. The van der Waals surface area contributed by atoms with E-state index >= 15 is 0 Å². The van der Waals surface area contributed by atoms with Gasteiger partial charge in [0, 0.05) is 12.1 Å². The van der Waals surface area contributed by atoms with Crippen LogP contribution >= 0.6 is 0 Å². The molecule has 0 saturated heterocycles. The van der Waals surface area contributed by atoms with Crippen molar-refractivity contribution in [1.82, 2.24) is 20.0 Å². The van der Waals surface area contributed by atoms with Gasteiger partial charge in [-0.2, -0.15) is 5.10 Å². The predicted molar refractivity (Wildman–Crippen MR) is 83.3 cm³/mol. The molecule has 116 valence electrons. The number of nitrogens with zero attached hydrogens (tertiary/aromatic N) is 3. The highest BCUT2D eigenvalue weighted by Crippen LogP contribution is 2.35. The Balaban J connectivity index is 3.29. The molecule has 0 spiro atoms. The van der Waals surface area contributed by atoms with Gasteiger partial charge >= 0.3 is 0 Å². The van der Waals surface area contributed by atoms with E-state index in [-0.39, 0.29) is 11.6 Å². The number of nitrogens with one attached hydrogen (secondary N) is 1. The maximum atomic E-state index is 5.53. The molecule has 5 nitrogen and oxygen atoms in total. The minimum absolute atomic E-state index is 0.0468. The van der Waals surface area contributed by atoms with Gasteiger partial charge in [-0.25, -0.2) is 0 Å². The summed E-state index contributed by atoms with van der Waals surface area (Å²) < 4.78 is 7.60. The molecular weight excluding hydrogens is 252 g/mol. The van der Waals surface area contributed by atoms with Gasteiger partial charge in [0.1, 0.15) is 0 Å². The molecule has 0 amide bonds. The van der Waals surface area contributed by atoms with Crippen LogP contribution in [0.25, 0.3) is 0 Å². The molecule has 20 heavy (non-hydrogen) atoms. The van der Waals surface area contributed by atoms with Crippen molar-refractivity contribution in [2.24, 2.45) is 0 Å². The van der Waals surface area contributed by atoms with E-state index in [4.69, 9.17) is 4.74 Å². The minimum Gasteiger partial charge on any atom is -0.493 e. The van der Waals surface area contributed by atoms with Crippen LogP contribution in [0.2, 0.25) is 0 Å². The van der Waals surface area contributed by atoms with E-state index in [1.165, 1.54) is 0 Å². The largest absolute Gasteiger partial charge is 0.493 e. The lowest BCUT2D eigenvalue weighted by Gasteiger charge is -2.41. The number of ether oxygens (including phenoxy) is 1. The lowest BCUT2D eigenvalue weighted by atomic mass is 9.90. The zero-order valence-corrected chi connectivity index (χ0v) is 14.0. The number of rotatable bonds is 8. The van der Waals surface area contributed by atoms with Gasteiger partial charge in [-0.05, 0) is 40.9 Å². The molecule has 0 aliphatic rings. The summed E-state index contributed by atoms with van der Waals surface area (Å²) in [5.74, 6) is 0.860. The first-order valence-corrected chi connectivity index (χ1v) is 7.40. The summed E-state index contributed by atoms with van der Waals surface area (Å²) in [6.45, 7) is 10.6. The van der Waals surface area contributed by atoms with Crippen molar-refractivity contribution in [3.63, 3.8) is 0 Å². The number of aryl methyl sites for hydroxylation is 1. The highest BCUT2D eigenvalue weighted by molar-refractivity contribution is 5.31. The van der Waals surface area contributed by atoms with Crippen LogP contribution in [-0.4, -0.2) is 48.0 Å². The molecule has 1 heterocycles. The van der Waals surface area contributed by atoms with Crippen molar-refractivity contribution in [3.05, 3.63) is 11.9 Å². The Morgan fingerprint density at radius 1 is 1.40 bits per heavy atom. The molecule has 1 unspecified atom stereocenters. The van der Waals surface area contributed by atoms with E-state index in [0.717, 1.165) is 31.0 Å². The number of hydrogen-bond donors (Lipinski definition) is 1. The Morgan fingerprint density at radius 2 is 2.05 bits per heavy atom. The fourth-order valence-corrected chi connectivity index (χ4v) is 2.36. The van der Waals surface area contributed by atoms with Crippen molar-refractivity contribution in [3.8, 4) is 5.75 Å². The van der Waals surface area contributed by atoms with E-state index in [0.29, 0.717) is 0 Å². The van der Waals surface area contributed by atoms with E-state index < -0.39 is 0 Å². The van der Waals surface area contributed by atoms with Crippen molar-refractivity contribution in [1.29, 1.82) is 0 Å². The second kappa shape index (κ2) is 7.09. The third kappa shape index (κ3) is 3.33. The molecule has 5 heteroatoms. The van der Waals surface area contributed by atoms with E-state index in [1.807, 2.05) is 6.20 Å². The maximum absolute atomic E-state index is 5.53. The lowest BCUT2D eigenvalue weighted by molar-refractivity contribution is 0.131. The Hall–Kier alpha value is -1.07. The molecule has 1 atom stereocenters. The van der Waals surface area contributed by atoms with Crippen LogP contribution in [0.1, 0.15) is 45.9 Å². The van der Waals surface area contributed by atoms with Crippen molar-refractivity contribution in [2.75, 3.05) is 27.7 Å². The molecule has 0 aromatic carbocycles. The normalized spacial score (nSPS) is 13.8. The lowest BCUT2D eigenvalue weighted by Crippen LogP contribution is -2.50. The van der Waals surface area contributed by atoms with Gasteiger partial charge in [0.2, 0.25) is 0 Å². The van der Waals surface area contributed by atoms with Crippen LogP contribution < -0.4 is 10.1 Å². The zero-order chi connectivity index (χ0) is 15.3. The SMILES string of the molecule is CCCn1ncc(OC)c1C(NCC)C(C)(C)N(C)C. The molecular formula is C15H30N4O. The molecule has 0 aliphatic carbocycles. The van der Waals surface area contributed by atoms with Gasteiger partial charge in [-0.15, -0.1) is 0 Å². The van der Waals surface area contributed by atoms with Crippen molar-refractivity contribution in [2.45, 2.75) is 52.2 Å². The van der Waals surface area contributed by atoms with Crippen LogP contribution in [0.5, 0.6) is 5.75 Å². The molecule has 1 rings (SSSR count). The Kier molecular flexibility index (Phi) is 6.02. The first-order chi connectivity index (χ1) is 9.39. The first-order valence-electron chi connectivity index (χ1n) is 7.40. The summed E-state index contributed by atoms with van der Waals surface area (Å²) in [5.41, 5.74) is 1.09.